The summed E-state index contributed by atoms with van der Waals surface area (Å²) in [7, 11) is -3.02. The number of sulfonamides is 1. The largest absolute Gasteiger partial charge is 0.326 e. The van der Waals surface area contributed by atoms with Crippen molar-refractivity contribution >= 4 is 10.0 Å². The summed E-state index contributed by atoms with van der Waals surface area (Å²) in [6.45, 7) is 4.94. The average molecular weight is 206 g/mol. The highest BCUT2D eigenvalue weighted by Crippen LogP contribution is 2.18. The zero-order valence-corrected chi connectivity index (χ0v) is 9.05. The summed E-state index contributed by atoms with van der Waals surface area (Å²) >= 11 is 0. The van der Waals surface area contributed by atoms with Crippen LogP contribution in [0.15, 0.2) is 0 Å². The van der Waals surface area contributed by atoms with E-state index in [1.54, 1.807) is 0 Å². The Labute approximate surface area is 80.1 Å². The Kier molecular flexibility index (Phi) is 3.32. The van der Waals surface area contributed by atoms with Crippen LogP contribution in [-0.4, -0.2) is 37.6 Å². The summed E-state index contributed by atoms with van der Waals surface area (Å²) in [5.41, 5.74) is 5.76. The second-order valence-corrected chi connectivity index (χ2v) is 5.86. The molecule has 0 spiro atoms. The van der Waals surface area contributed by atoms with Gasteiger partial charge in [0.1, 0.15) is 0 Å². The Bertz CT molecular complexity index is 253. The van der Waals surface area contributed by atoms with Crippen molar-refractivity contribution in [2.24, 2.45) is 11.7 Å². The molecule has 1 aliphatic heterocycles. The normalized spacial score (nSPS) is 31.0. The van der Waals surface area contributed by atoms with Crippen molar-refractivity contribution in [3.63, 3.8) is 0 Å². The van der Waals surface area contributed by atoms with Gasteiger partial charge in [0.25, 0.3) is 0 Å². The molecule has 1 heterocycles. The molecule has 1 aliphatic rings. The fourth-order valence-corrected chi connectivity index (χ4v) is 3.20. The molecule has 1 saturated heterocycles. The van der Waals surface area contributed by atoms with Crippen molar-refractivity contribution in [1.82, 2.24) is 4.31 Å². The summed E-state index contributed by atoms with van der Waals surface area (Å²) in [5, 5.41) is 0. The van der Waals surface area contributed by atoms with E-state index in [1.165, 1.54) is 4.31 Å². The van der Waals surface area contributed by atoms with Gasteiger partial charge in [0.05, 0.1) is 5.75 Å². The number of nitrogens with two attached hydrogens (primary N) is 1. The molecule has 5 heteroatoms. The lowest BCUT2D eigenvalue weighted by Crippen LogP contribution is -2.33. The number of nitrogens with zero attached hydrogens (tertiary/aromatic N) is 1. The second kappa shape index (κ2) is 3.94. The standard InChI is InChI=1S/C8H18N2O2S/c1-3-4-13(11,12)10-5-7(2)8(9)6-10/h7-8H,3-6,9H2,1-2H3. The van der Waals surface area contributed by atoms with Gasteiger partial charge in [-0.1, -0.05) is 13.8 Å². The van der Waals surface area contributed by atoms with E-state index >= 15 is 0 Å². The van der Waals surface area contributed by atoms with Crippen molar-refractivity contribution in [1.29, 1.82) is 0 Å². The molecule has 0 aliphatic carbocycles. The van der Waals surface area contributed by atoms with E-state index in [1.807, 2.05) is 13.8 Å². The molecule has 2 N–H and O–H groups in total. The molecule has 2 unspecified atom stereocenters. The molecule has 2 atom stereocenters. The maximum absolute atomic E-state index is 11.6. The fourth-order valence-electron chi connectivity index (χ4n) is 1.56. The first-order chi connectivity index (χ1) is 5.97. The lowest BCUT2D eigenvalue weighted by Gasteiger charge is -2.14. The van der Waals surface area contributed by atoms with Gasteiger partial charge in [-0.25, -0.2) is 12.7 Å². The Morgan fingerprint density at radius 3 is 2.46 bits per heavy atom. The van der Waals surface area contributed by atoms with Crippen LogP contribution in [-0.2, 0) is 10.0 Å². The quantitative estimate of drug-likeness (QED) is 0.707. The SMILES string of the molecule is CCCS(=O)(=O)N1CC(C)C(N)C1. The number of hydrogen-bond acceptors (Lipinski definition) is 3. The van der Waals surface area contributed by atoms with Crippen LogP contribution in [0.1, 0.15) is 20.3 Å². The summed E-state index contributed by atoms with van der Waals surface area (Å²) in [5.74, 6) is 0.526. The Hall–Kier alpha value is -0.130. The van der Waals surface area contributed by atoms with Gasteiger partial charge in [0.2, 0.25) is 10.0 Å². The Morgan fingerprint density at radius 1 is 1.46 bits per heavy atom. The van der Waals surface area contributed by atoms with E-state index in [-0.39, 0.29) is 17.7 Å². The highest BCUT2D eigenvalue weighted by molar-refractivity contribution is 7.89. The Morgan fingerprint density at radius 2 is 2.08 bits per heavy atom. The third kappa shape index (κ3) is 2.42. The Balaban J connectivity index is 2.65. The molecule has 0 aromatic heterocycles. The molecule has 0 amide bonds. The van der Waals surface area contributed by atoms with Crippen LogP contribution in [0, 0.1) is 5.92 Å². The van der Waals surface area contributed by atoms with Crippen LogP contribution in [0.4, 0.5) is 0 Å². The lowest BCUT2D eigenvalue weighted by molar-refractivity contribution is 0.463. The second-order valence-electron chi connectivity index (χ2n) is 3.77. The molecular formula is C8H18N2O2S. The van der Waals surface area contributed by atoms with E-state index < -0.39 is 10.0 Å². The summed E-state index contributed by atoms with van der Waals surface area (Å²) in [4.78, 5) is 0. The molecule has 0 aromatic carbocycles. The smallest absolute Gasteiger partial charge is 0.214 e. The van der Waals surface area contributed by atoms with Gasteiger partial charge in [-0.15, -0.1) is 0 Å². The van der Waals surface area contributed by atoms with Crippen LogP contribution < -0.4 is 5.73 Å². The molecule has 0 saturated carbocycles. The van der Waals surface area contributed by atoms with Crippen molar-refractivity contribution in [2.75, 3.05) is 18.8 Å². The molecule has 1 rings (SSSR count). The van der Waals surface area contributed by atoms with Gasteiger partial charge in [-0.05, 0) is 12.3 Å². The number of hydrogen-bond donors (Lipinski definition) is 1. The average Bonchev–Trinajstić information content (AvgIpc) is 2.33. The van der Waals surface area contributed by atoms with Crippen molar-refractivity contribution in [2.45, 2.75) is 26.3 Å². The molecule has 1 fully saturated rings. The maximum atomic E-state index is 11.6. The van der Waals surface area contributed by atoms with E-state index in [4.69, 9.17) is 5.73 Å². The highest BCUT2D eigenvalue weighted by Gasteiger charge is 2.33. The predicted octanol–water partition coefficient (Wildman–Crippen LogP) is 0.00520. The van der Waals surface area contributed by atoms with Crippen molar-refractivity contribution in [3.05, 3.63) is 0 Å². The summed E-state index contributed by atoms with van der Waals surface area (Å²) in [6, 6.07) is 0.00614. The zero-order chi connectivity index (χ0) is 10.1. The zero-order valence-electron chi connectivity index (χ0n) is 8.23. The minimum Gasteiger partial charge on any atom is -0.326 e. The van der Waals surface area contributed by atoms with E-state index in [9.17, 15) is 8.42 Å². The topological polar surface area (TPSA) is 63.4 Å². The van der Waals surface area contributed by atoms with Gasteiger partial charge < -0.3 is 5.73 Å². The van der Waals surface area contributed by atoms with Crippen molar-refractivity contribution in [3.8, 4) is 0 Å². The van der Waals surface area contributed by atoms with Gasteiger partial charge in [-0.3, -0.25) is 0 Å². The molecule has 78 valence electrons. The third-order valence-electron chi connectivity index (χ3n) is 2.49. The maximum Gasteiger partial charge on any atom is 0.214 e. The number of rotatable bonds is 3. The minimum absolute atomic E-state index is 0.00614. The first kappa shape index (κ1) is 10.9. The summed E-state index contributed by atoms with van der Waals surface area (Å²) in [6.07, 6.45) is 0.669. The first-order valence-corrected chi connectivity index (χ1v) is 6.31. The summed E-state index contributed by atoms with van der Waals surface area (Å²) < 4.78 is 24.7. The molecule has 0 radical (unpaired) electrons. The van der Waals surface area contributed by atoms with E-state index in [0.717, 1.165) is 0 Å². The van der Waals surface area contributed by atoms with Gasteiger partial charge >= 0.3 is 0 Å². The van der Waals surface area contributed by atoms with Gasteiger partial charge in [0, 0.05) is 19.1 Å². The lowest BCUT2D eigenvalue weighted by atomic mass is 10.1. The first-order valence-electron chi connectivity index (χ1n) is 4.70. The van der Waals surface area contributed by atoms with Crippen LogP contribution in [0.2, 0.25) is 0 Å². The molecule has 0 bridgehead atoms. The highest BCUT2D eigenvalue weighted by atomic mass is 32.2. The van der Waals surface area contributed by atoms with Gasteiger partial charge in [0.15, 0.2) is 0 Å². The van der Waals surface area contributed by atoms with Gasteiger partial charge in [-0.2, -0.15) is 0 Å². The molecule has 13 heavy (non-hydrogen) atoms. The molecule has 4 nitrogen and oxygen atoms in total. The predicted molar refractivity (Wildman–Crippen MR) is 52.8 cm³/mol. The molecule has 0 aromatic rings. The third-order valence-corrected chi connectivity index (χ3v) is 4.50. The van der Waals surface area contributed by atoms with Crippen LogP contribution >= 0.6 is 0 Å². The van der Waals surface area contributed by atoms with Crippen LogP contribution in [0.25, 0.3) is 0 Å². The minimum atomic E-state index is -3.02. The fraction of sp³-hybridized carbons (Fsp3) is 1.00. The van der Waals surface area contributed by atoms with Crippen LogP contribution in [0.5, 0.6) is 0 Å². The van der Waals surface area contributed by atoms with Crippen LogP contribution in [0.3, 0.4) is 0 Å². The van der Waals surface area contributed by atoms with E-state index in [2.05, 4.69) is 0 Å². The van der Waals surface area contributed by atoms with Crippen molar-refractivity contribution < 1.29 is 8.42 Å². The monoisotopic (exact) mass is 206 g/mol. The van der Waals surface area contributed by atoms with E-state index in [0.29, 0.717) is 19.5 Å². The molecular weight excluding hydrogens is 188 g/mol.